The fourth-order valence-corrected chi connectivity index (χ4v) is 3.22. The van der Waals surface area contributed by atoms with Crippen LogP contribution in [0.25, 0.3) is 11.3 Å². The zero-order valence-corrected chi connectivity index (χ0v) is 17.7. The van der Waals surface area contributed by atoms with Crippen molar-refractivity contribution in [1.29, 1.82) is 0 Å². The van der Waals surface area contributed by atoms with Crippen LogP contribution in [-0.2, 0) is 0 Å². The summed E-state index contributed by atoms with van der Waals surface area (Å²) in [6, 6.07) is 12.5. The second-order valence-corrected chi connectivity index (χ2v) is 7.43. The number of carbonyl (C=O) groups excluding carboxylic acids is 1. The SMILES string of the molecule is Cc1cncc(C(=O)Nc2cccc(C(C)Nc3cncc(-c4ccc(=O)[nH]c4)n3)c2)c1. The fraction of sp³-hybridized carbons (Fsp3) is 0.125. The van der Waals surface area contributed by atoms with E-state index in [0.29, 0.717) is 22.8 Å². The highest BCUT2D eigenvalue weighted by molar-refractivity contribution is 6.04. The summed E-state index contributed by atoms with van der Waals surface area (Å²) in [6.07, 6.45) is 8.14. The van der Waals surface area contributed by atoms with Gasteiger partial charge in [0.1, 0.15) is 5.82 Å². The van der Waals surface area contributed by atoms with Crippen molar-refractivity contribution in [3.8, 4) is 11.3 Å². The number of hydrogen-bond donors (Lipinski definition) is 3. The maximum Gasteiger partial charge on any atom is 0.257 e. The summed E-state index contributed by atoms with van der Waals surface area (Å²) in [5.74, 6) is 0.389. The van der Waals surface area contributed by atoms with Gasteiger partial charge in [-0.2, -0.15) is 0 Å². The highest BCUT2D eigenvalue weighted by Gasteiger charge is 2.11. The van der Waals surface area contributed by atoms with Crippen LogP contribution in [0.3, 0.4) is 0 Å². The maximum atomic E-state index is 12.5. The van der Waals surface area contributed by atoms with Crippen molar-refractivity contribution in [2.24, 2.45) is 0 Å². The molecule has 8 nitrogen and oxygen atoms in total. The number of rotatable bonds is 6. The van der Waals surface area contributed by atoms with Crippen molar-refractivity contribution in [2.45, 2.75) is 19.9 Å². The zero-order valence-electron chi connectivity index (χ0n) is 17.7. The normalized spacial score (nSPS) is 11.6. The standard InChI is InChI=1S/C24H22N6O2/c1-15-8-19(11-25-10-15)24(32)29-20-5-3-4-17(9-20)16(2)28-22-14-26-13-21(30-22)18-6-7-23(31)27-12-18/h3-14,16H,1-2H3,(H,27,31)(H,28,30)(H,29,32). The van der Waals surface area contributed by atoms with Gasteiger partial charge in [-0.05, 0) is 49.2 Å². The molecule has 1 aromatic carbocycles. The Labute approximate surface area is 184 Å². The van der Waals surface area contributed by atoms with Crippen molar-refractivity contribution in [1.82, 2.24) is 19.9 Å². The Morgan fingerprint density at radius 2 is 1.88 bits per heavy atom. The van der Waals surface area contributed by atoms with Gasteiger partial charge in [-0.1, -0.05) is 12.1 Å². The molecule has 160 valence electrons. The highest BCUT2D eigenvalue weighted by Crippen LogP contribution is 2.23. The van der Waals surface area contributed by atoms with Crippen LogP contribution in [-0.4, -0.2) is 25.8 Å². The van der Waals surface area contributed by atoms with Gasteiger partial charge in [0.25, 0.3) is 5.91 Å². The minimum absolute atomic E-state index is 0.0902. The topological polar surface area (TPSA) is 113 Å². The molecule has 3 heterocycles. The molecule has 3 N–H and O–H groups in total. The molecule has 8 heteroatoms. The van der Waals surface area contributed by atoms with Crippen molar-refractivity contribution < 1.29 is 4.79 Å². The first kappa shape index (κ1) is 20.9. The predicted molar refractivity (Wildman–Crippen MR) is 123 cm³/mol. The monoisotopic (exact) mass is 426 g/mol. The molecular formula is C24H22N6O2. The first-order valence-electron chi connectivity index (χ1n) is 10.1. The van der Waals surface area contributed by atoms with E-state index in [2.05, 4.69) is 30.6 Å². The van der Waals surface area contributed by atoms with Gasteiger partial charge in [0.05, 0.1) is 29.7 Å². The number of H-pyrrole nitrogens is 1. The molecule has 0 spiro atoms. The number of aromatic amines is 1. The van der Waals surface area contributed by atoms with Crippen molar-refractivity contribution >= 4 is 17.4 Å². The molecule has 0 aliphatic heterocycles. The summed E-state index contributed by atoms with van der Waals surface area (Å²) in [4.78, 5) is 39.3. The molecule has 0 aliphatic rings. The minimum Gasteiger partial charge on any atom is -0.362 e. The lowest BCUT2D eigenvalue weighted by Gasteiger charge is -2.16. The Morgan fingerprint density at radius 1 is 1.03 bits per heavy atom. The number of aromatic nitrogens is 4. The van der Waals surface area contributed by atoms with E-state index < -0.39 is 0 Å². The number of nitrogens with zero attached hydrogens (tertiary/aromatic N) is 3. The lowest BCUT2D eigenvalue weighted by molar-refractivity contribution is 0.102. The number of anilines is 2. The van der Waals surface area contributed by atoms with Gasteiger partial charge in [-0.3, -0.25) is 19.6 Å². The van der Waals surface area contributed by atoms with Gasteiger partial charge in [0.15, 0.2) is 0 Å². The Bertz CT molecular complexity index is 1300. The van der Waals surface area contributed by atoms with Crippen LogP contribution >= 0.6 is 0 Å². The molecule has 0 radical (unpaired) electrons. The summed E-state index contributed by atoms with van der Waals surface area (Å²) in [5, 5.41) is 6.25. The molecule has 0 saturated heterocycles. The van der Waals surface area contributed by atoms with E-state index in [1.807, 2.05) is 38.1 Å². The van der Waals surface area contributed by atoms with Crippen LogP contribution in [0.2, 0.25) is 0 Å². The maximum absolute atomic E-state index is 12.5. The smallest absolute Gasteiger partial charge is 0.257 e. The molecule has 4 rings (SSSR count). The van der Waals surface area contributed by atoms with Crippen LogP contribution in [0.4, 0.5) is 11.5 Å². The van der Waals surface area contributed by atoms with Crippen LogP contribution in [0, 0.1) is 6.92 Å². The van der Waals surface area contributed by atoms with Crippen LogP contribution in [0.1, 0.15) is 34.5 Å². The summed E-state index contributed by atoms with van der Waals surface area (Å²) in [5.41, 5.74) is 4.34. The quantitative estimate of drug-likeness (QED) is 0.430. The van der Waals surface area contributed by atoms with E-state index >= 15 is 0 Å². The van der Waals surface area contributed by atoms with Gasteiger partial charge in [0, 0.05) is 35.9 Å². The van der Waals surface area contributed by atoms with Crippen molar-refractivity contribution in [2.75, 3.05) is 10.6 Å². The van der Waals surface area contributed by atoms with Crippen LogP contribution in [0.5, 0.6) is 0 Å². The molecule has 1 atom stereocenters. The van der Waals surface area contributed by atoms with Gasteiger partial charge >= 0.3 is 0 Å². The third-order valence-corrected chi connectivity index (χ3v) is 4.86. The third kappa shape index (κ3) is 5.04. The molecule has 0 aliphatic carbocycles. The number of carbonyl (C=O) groups is 1. The number of hydrogen-bond acceptors (Lipinski definition) is 6. The Kier molecular flexibility index (Phi) is 6.03. The summed E-state index contributed by atoms with van der Waals surface area (Å²) in [6.45, 7) is 3.90. The molecule has 3 aromatic heterocycles. The highest BCUT2D eigenvalue weighted by atomic mass is 16.1. The lowest BCUT2D eigenvalue weighted by Crippen LogP contribution is -2.13. The molecule has 1 amide bonds. The van der Waals surface area contributed by atoms with Gasteiger partial charge in [-0.25, -0.2) is 4.98 Å². The number of benzene rings is 1. The molecule has 32 heavy (non-hydrogen) atoms. The van der Waals surface area contributed by atoms with E-state index in [1.54, 1.807) is 43.1 Å². The van der Waals surface area contributed by atoms with Crippen LogP contribution < -0.4 is 16.2 Å². The van der Waals surface area contributed by atoms with Crippen molar-refractivity contribution in [3.05, 3.63) is 100 Å². The summed E-state index contributed by atoms with van der Waals surface area (Å²) < 4.78 is 0. The number of aryl methyl sites for hydroxylation is 1. The fourth-order valence-electron chi connectivity index (χ4n) is 3.22. The number of amides is 1. The molecule has 0 fully saturated rings. The molecule has 0 saturated carbocycles. The van der Waals surface area contributed by atoms with Gasteiger partial charge in [0.2, 0.25) is 5.56 Å². The second-order valence-electron chi connectivity index (χ2n) is 7.43. The average molecular weight is 426 g/mol. The Balaban J connectivity index is 1.48. The van der Waals surface area contributed by atoms with E-state index in [-0.39, 0.29) is 17.5 Å². The molecule has 1 unspecified atom stereocenters. The van der Waals surface area contributed by atoms with Crippen LogP contribution in [0.15, 0.2) is 78.2 Å². The lowest BCUT2D eigenvalue weighted by atomic mass is 10.1. The third-order valence-electron chi connectivity index (χ3n) is 4.86. The Morgan fingerprint density at radius 3 is 2.66 bits per heavy atom. The molecular weight excluding hydrogens is 404 g/mol. The number of nitrogens with one attached hydrogen (secondary N) is 3. The zero-order chi connectivity index (χ0) is 22.5. The second kappa shape index (κ2) is 9.22. The minimum atomic E-state index is -0.210. The Hall–Kier alpha value is -4.33. The van der Waals surface area contributed by atoms with Gasteiger partial charge < -0.3 is 15.6 Å². The predicted octanol–water partition coefficient (Wildman–Crippen LogP) is 3.96. The van der Waals surface area contributed by atoms with Gasteiger partial charge in [-0.15, -0.1) is 0 Å². The molecule has 0 bridgehead atoms. The average Bonchev–Trinajstić information content (AvgIpc) is 2.80. The molecule has 4 aromatic rings. The first-order chi connectivity index (χ1) is 15.5. The first-order valence-corrected chi connectivity index (χ1v) is 10.1. The van der Waals surface area contributed by atoms with Crippen molar-refractivity contribution in [3.63, 3.8) is 0 Å². The van der Waals surface area contributed by atoms with E-state index in [4.69, 9.17) is 0 Å². The largest absolute Gasteiger partial charge is 0.362 e. The van der Waals surface area contributed by atoms with E-state index in [1.165, 1.54) is 6.07 Å². The summed E-state index contributed by atoms with van der Waals surface area (Å²) >= 11 is 0. The number of pyridine rings is 2. The van der Waals surface area contributed by atoms with E-state index in [0.717, 1.165) is 16.7 Å². The van der Waals surface area contributed by atoms with E-state index in [9.17, 15) is 9.59 Å². The summed E-state index contributed by atoms with van der Waals surface area (Å²) in [7, 11) is 0.